The number of halogens is 2. The van der Waals surface area contributed by atoms with Crippen molar-refractivity contribution in [3.63, 3.8) is 0 Å². The summed E-state index contributed by atoms with van der Waals surface area (Å²) in [6.45, 7) is -0.331. The second-order valence-corrected chi connectivity index (χ2v) is 3.61. The Bertz CT molecular complexity index is 334. The fourth-order valence-electron chi connectivity index (χ4n) is 1.56. The first kappa shape index (κ1) is 13.9. The van der Waals surface area contributed by atoms with Gasteiger partial charge in [0.2, 0.25) is 0 Å². The Morgan fingerprint density at radius 2 is 2.06 bits per heavy atom. The number of nitrogens with one attached hydrogen (secondary N) is 1. The highest BCUT2D eigenvalue weighted by Crippen LogP contribution is 2.26. The van der Waals surface area contributed by atoms with Crippen LogP contribution in [0.5, 0.6) is 5.75 Å². The quantitative estimate of drug-likeness (QED) is 0.774. The lowest BCUT2D eigenvalue weighted by Crippen LogP contribution is -2.25. The van der Waals surface area contributed by atoms with Gasteiger partial charge in [0.1, 0.15) is 5.75 Å². The van der Waals surface area contributed by atoms with Crippen molar-refractivity contribution in [2.24, 2.45) is 0 Å². The molecule has 0 spiro atoms. The normalized spacial score (nSPS) is 12.8. The van der Waals surface area contributed by atoms with Crippen LogP contribution < -0.4 is 10.1 Å². The average molecular weight is 245 g/mol. The van der Waals surface area contributed by atoms with Crippen LogP contribution in [0.3, 0.4) is 0 Å². The highest BCUT2D eigenvalue weighted by molar-refractivity contribution is 5.36. The molecule has 0 aliphatic rings. The Hall–Kier alpha value is -1.20. The van der Waals surface area contributed by atoms with Crippen molar-refractivity contribution in [1.82, 2.24) is 5.32 Å². The Kier molecular flexibility index (Phi) is 5.86. The summed E-state index contributed by atoms with van der Waals surface area (Å²) in [7, 11) is 0. The van der Waals surface area contributed by atoms with E-state index in [1.165, 1.54) is 6.07 Å². The SMILES string of the molecule is CCCNC(CO)c1ccccc1OC(F)F. The predicted octanol–water partition coefficient (Wildman–Crippen LogP) is 2.32. The van der Waals surface area contributed by atoms with Gasteiger partial charge < -0.3 is 15.2 Å². The number of alkyl halides is 2. The van der Waals surface area contributed by atoms with Gasteiger partial charge in [-0.05, 0) is 19.0 Å². The first-order valence-corrected chi connectivity index (χ1v) is 5.57. The van der Waals surface area contributed by atoms with Crippen LogP contribution in [-0.2, 0) is 0 Å². The molecule has 0 bridgehead atoms. The van der Waals surface area contributed by atoms with Crippen LogP contribution in [0.1, 0.15) is 24.9 Å². The van der Waals surface area contributed by atoms with E-state index >= 15 is 0 Å². The van der Waals surface area contributed by atoms with Crippen LogP contribution in [0, 0.1) is 0 Å². The van der Waals surface area contributed by atoms with Crippen molar-refractivity contribution < 1.29 is 18.6 Å². The maximum atomic E-state index is 12.2. The van der Waals surface area contributed by atoms with Crippen LogP contribution in [-0.4, -0.2) is 24.9 Å². The minimum Gasteiger partial charge on any atom is -0.434 e. The number of aliphatic hydroxyl groups is 1. The van der Waals surface area contributed by atoms with E-state index in [-0.39, 0.29) is 18.4 Å². The smallest absolute Gasteiger partial charge is 0.387 e. The topological polar surface area (TPSA) is 41.5 Å². The minimum absolute atomic E-state index is 0.102. The third-order valence-corrected chi connectivity index (χ3v) is 2.33. The zero-order valence-corrected chi connectivity index (χ0v) is 9.70. The van der Waals surface area contributed by atoms with E-state index in [2.05, 4.69) is 10.1 Å². The zero-order valence-electron chi connectivity index (χ0n) is 9.70. The largest absolute Gasteiger partial charge is 0.434 e. The number of hydrogen-bond acceptors (Lipinski definition) is 3. The fraction of sp³-hybridized carbons (Fsp3) is 0.500. The Morgan fingerprint density at radius 3 is 2.65 bits per heavy atom. The fourth-order valence-corrected chi connectivity index (χ4v) is 1.56. The standard InChI is InChI=1S/C12H17F2NO2/c1-2-7-15-10(8-16)9-5-3-4-6-11(9)17-12(13)14/h3-6,10,12,15-16H,2,7-8H2,1H3. The van der Waals surface area contributed by atoms with Gasteiger partial charge in [-0.2, -0.15) is 8.78 Å². The molecule has 0 radical (unpaired) electrons. The Labute approximate surface area is 99.4 Å². The van der Waals surface area contributed by atoms with Gasteiger partial charge in [0.05, 0.1) is 12.6 Å². The van der Waals surface area contributed by atoms with Gasteiger partial charge in [-0.25, -0.2) is 0 Å². The van der Waals surface area contributed by atoms with Gasteiger partial charge in [-0.15, -0.1) is 0 Å². The molecule has 1 unspecified atom stereocenters. The molecule has 0 saturated carbocycles. The van der Waals surface area contributed by atoms with Crippen molar-refractivity contribution >= 4 is 0 Å². The Morgan fingerprint density at radius 1 is 1.35 bits per heavy atom. The zero-order chi connectivity index (χ0) is 12.7. The molecule has 17 heavy (non-hydrogen) atoms. The van der Waals surface area contributed by atoms with E-state index in [0.29, 0.717) is 12.1 Å². The molecule has 96 valence electrons. The molecule has 1 rings (SSSR count). The van der Waals surface area contributed by atoms with E-state index in [0.717, 1.165) is 6.42 Å². The van der Waals surface area contributed by atoms with E-state index < -0.39 is 6.61 Å². The number of para-hydroxylation sites is 1. The third kappa shape index (κ3) is 4.28. The molecular weight excluding hydrogens is 228 g/mol. The summed E-state index contributed by atoms with van der Waals surface area (Å²) >= 11 is 0. The van der Waals surface area contributed by atoms with E-state index in [4.69, 9.17) is 0 Å². The summed E-state index contributed by atoms with van der Waals surface area (Å²) < 4.78 is 28.9. The van der Waals surface area contributed by atoms with Crippen LogP contribution in [0.4, 0.5) is 8.78 Å². The summed E-state index contributed by atoms with van der Waals surface area (Å²) in [5.74, 6) is 0.102. The number of hydrogen-bond donors (Lipinski definition) is 2. The number of benzene rings is 1. The predicted molar refractivity (Wildman–Crippen MR) is 61.2 cm³/mol. The lowest BCUT2D eigenvalue weighted by atomic mass is 10.1. The molecule has 1 aromatic carbocycles. The molecule has 3 nitrogen and oxygen atoms in total. The molecule has 1 atom stereocenters. The number of aliphatic hydroxyl groups excluding tert-OH is 1. The lowest BCUT2D eigenvalue weighted by Gasteiger charge is -2.19. The molecular formula is C12H17F2NO2. The molecule has 0 aromatic heterocycles. The molecule has 0 aliphatic heterocycles. The second-order valence-electron chi connectivity index (χ2n) is 3.61. The maximum Gasteiger partial charge on any atom is 0.387 e. The van der Waals surface area contributed by atoms with Crippen molar-refractivity contribution in [2.75, 3.05) is 13.2 Å². The summed E-state index contributed by atoms with van der Waals surface area (Å²) in [4.78, 5) is 0. The number of ether oxygens (including phenoxy) is 1. The van der Waals surface area contributed by atoms with Crippen LogP contribution in [0.25, 0.3) is 0 Å². The van der Waals surface area contributed by atoms with Crippen LogP contribution in [0.2, 0.25) is 0 Å². The van der Waals surface area contributed by atoms with E-state index in [9.17, 15) is 13.9 Å². The first-order valence-electron chi connectivity index (χ1n) is 5.57. The molecule has 0 amide bonds. The third-order valence-electron chi connectivity index (χ3n) is 2.33. The van der Waals surface area contributed by atoms with Crippen molar-refractivity contribution in [3.05, 3.63) is 29.8 Å². The maximum absolute atomic E-state index is 12.2. The van der Waals surface area contributed by atoms with Gasteiger partial charge >= 0.3 is 6.61 Å². The molecule has 0 saturated heterocycles. The Balaban J connectivity index is 2.85. The van der Waals surface area contributed by atoms with Gasteiger partial charge in [0.25, 0.3) is 0 Å². The molecule has 2 N–H and O–H groups in total. The van der Waals surface area contributed by atoms with Gasteiger partial charge in [-0.3, -0.25) is 0 Å². The monoisotopic (exact) mass is 245 g/mol. The number of rotatable bonds is 7. The molecule has 5 heteroatoms. The molecule has 0 heterocycles. The van der Waals surface area contributed by atoms with Crippen molar-refractivity contribution in [1.29, 1.82) is 0 Å². The van der Waals surface area contributed by atoms with Gasteiger partial charge in [0.15, 0.2) is 0 Å². The summed E-state index contributed by atoms with van der Waals surface area (Å²) in [5, 5.41) is 12.3. The van der Waals surface area contributed by atoms with Crippen molar-refractivity contribution in [3.8, 4) is 5.75 Å². The van der Waals surface area contributed by atoms with Crippen LogP contribution >= 0.6 is 0 Å². The molecule has 0 aliphatic carbocycles. The molecule has 1 aromatic rings. The van der Waals surface area contributed by atoms with Gasteiger partial charge in [-0.1, -0.05) is 25.1 Å². The minimum atomic E-state index is -2.86. The summed E-state index contributed by atoms with van der Waals surface area (Å²) in [6, 6.07) is 6.10. The first-order chi connectivity index (χ1) is 8.19. The van der Waals surface area contributed by atoms with Crippen molar-refractivity contribution in [2.45, 2.75) is 26.0 Å². The second kappa shape index (κ2) is 7.19. The summed E-state index contributed by atoms with van der Waals surface area (Å²) in [5.41, 5.74) is 0.545. The lowest BCUT2D eigenvalue weighted by molar-refractivity contribution is -0.0508. The van der Waals surface area contributed by atoms with E-state index in [1.807, 2.05) is 6.92 Å². The van der Waals surface area contributed by atoms with E-state index in [1.54, 1.807) is 18.2 Å². The van der Waals surface area contributed by atoms with Gasteiger partial charge in [0, 0.05) is 5.56 Å². The van der Waals surface area contributed by atoms with Crippen LogP contribution in [0.15, 0.2) is 24.3 Å². The molecule has 0 fully saturated rings. The highest BCUT2D eigenvalue weighted by atomic mass is 19.3. The highest BCUT2D eigenvalue weighted by Gasteiger charge is 2.16. The summed E-state index contributed by atoms with van der Waals surface area (Å²) in [6.07, 6.45) is 0.897. The average Bonchev–Trinajstić information content (AvgIpc) is 2.31.